The lowest BCUT2D eigenvalue weighted by molar-refractivity contribution is 0.481. The molecule has 0 bridgehead atoms. The first-order valence-electron chi connectivity index (χ1n) is 2.23. The Labute approximate surface area is 54.4 Å². The first-order chi connectivity index (χ1) is 4.02. The molecule has 0 unspecified atom stereocenters. The molecule has 0 aromatic carbocycles. The van der Waals surface area contributed by atoms with Crippen LogP contribution in [0.25, 0.3) is 0 Å². The topological polar surface area (TPSA) is 54.4 Å². The van der Waals surface area contributed by atoms with Gasteiger partial charge in [0.25, 0.3) is 10.1 Å². The molecule has 0 spiro atoms. The molecule has 0 rings (SSSR count). The molecule has 0 radical (unpaired) electrons. The third-order valence-electron chi connectivity index (χ3n) is 0.809. The van der Waals surface area contributed by atoms with Gasteiger partial charge < -0.3 is 0 Å². The minimum Gasteiger partial charge on any atom is -0.285 e. The Morgan fingerprint density at radius 3 is 1.67 bits per heavy atom. The molecular weight excluding hydrogens is 140 g/mol. The fraction of sp³-hybridized carbons (Fsp3) is 0.200. The molecule has 0 atom stereocenters. The van der Waals surface area contributed by atoms with Gasteiger partial charge in [0, 0.05) is 0 Å². The second-order valence-electron chi connectivity index (χ2n) is 1.45. The van der Waals surface area contributed by atoms with Gasteiger partial charge in [0.15, 0.2) is 0 Å². The molecule has 0 saturated heterocycles. The maximum Gasteiger partial charge on any atom is 0.275 e. The molecule has 0 amide bonds. The van der Waals surface area contributed by atoms with Crippen molar-refractivity contribution in [2.75, 3.05) is 0 Å². The van der Waals surface area contributed by atoms with E-state index >= 15 is 0 Å². The van der Waals surface area contributed by atoms with Crippen LogP contribution in [0.4, 0.5) is 0 Å². The van der Waals surface area contributed by atoms with Crippen LogP contribution >= 0.6 is 0 Å². The van der Waals surface area contributed by atoms with Crippen molar-refractivity contribution >= 4 is 10.1 Å². The number of hydrogen-bond acceptors (Lipinski definition) is 2. The summed E-state index contributed by atoms with van der Waals surface area (Å²) in [6.07, 6.45) is 2.20. The van der Waals surface area contributed by atoms with E-state index in [1.807, 2.05) is 0 Å². The average Bonchev–Trinajstić information content (AvgIpc) is 1.65. The summed E-state index contributed by atoms with van der Waals surface area (Å²) in [4.78, 5) is 0. The maximum absolute atomic E-state index is 10.2. The van der Waals surface area contributed by atoms with Crippen LogP contribution in [0.2, 0.25) is 0 Å². The zero-order valence-electron chi connectivity index (χ0n) is 4.82. The van der Waals surface area contributed by atoms with Crippen molar-refractivity contribution in [1.29, 1.82) is 0 Å². The lowest BCUT2D eigenvalue weighted by Gasteiger charge is -1.98. The van der Waals surface area contributed by atoms with Crippen LogP contribution in [0.1, 0.15) is 0 Å². The van der Waals surface area contributed by atoms with Gasteiger partial charge in [-0.25, -0.2) is 0 Å². The molecule has 0 aromatic heterocycles. The fourth-order valence-corrected chi connectivity index (χ4v) is 0.826. The van der Waals surface area contributed by atoms with Gasteiger partial charge >= 0.3 is 0 Å². The van der Waals surface area contributed by atoms with Crippen molar-refractivity contribution in [1.82, 2.24) is 0 Å². The molecule has 0 aliphatic heterocycles. The highest BCUT2D eigenvalue weighted by Crippen LogP contribution is 1.99. The summed E-state index contributed by atoms with van der Waals surface area (Å²) in [5, 5.41) is -1.04. The monoisotopic (exact) mass is 148 g/mol. The molecular formula is C5H8O3S. The molecule has 1 N–H and O–H groups in total. The zero-order chi connectivity index (χ0) is 7.49. The third-order valence-corrected chi connectivity index (χ3v) is 1.88. The molecule has 9 heavy (non-hydrogen) atoms. The minimum atomic E-state index is -4.00. The molecule has 0 aliphatic carbocycles. The van der Waals surface area contributed by atoms with Crippen LogP contribution in [0, 0.1) is 0 Å². The fourth-order valence-electron chi connectivity index (χ4n) is 0.339. The lowest BCUT2D eigenvalue weighted by atomic mass is 10.4. The number of rotatable bonds is 3. The van der Waals surface area contributed by atoms with Crippen molar-refractivity contribution in [2.24, 2.45) is 0 Å². The summed E-state index contributed by atoms with van der Waals surface area (Å²) in [6, 6.07) is 0. The smallest absolute Gasteiger partial charge is 0.275 e. The molecule has 0 aliphatic rings. The molecule has 0 saturated carbocycles. The van der Waals surface area contributed by atoms with Gasteiger partial charge in [-0.1, -0.05) is 12.2 Å². The lowest BCUT2D eigenvalue weighted by Crippen LogP contribution is -2.13. The van der Waals surface area contributed by atoms with Crippen molar-refractivity contribution in [3.05, 3.63) is 25.3 Å². The second kappa shape index (κ2) is 2.80. The normalized spacial score (nSPS) is 11.3. The highest BCUT2D eigenvalue weighted by molar-refractivity contribution is 7.86. The molecule has 0 fully saturated rings. The van der Waals surface area contributed by atoms with Crippen molar-refractivity contribution in [3.8, 4) is 0 Å². The maximum atomic E-state index is 10.2. The van der Waals surface area contributed by atoms with Crippen molar-refractivity contribution in [3.63, 3.8) is 0 Å². The molecule has 4 heteroatoms. The Bertz CT molecular complexity index is 194. The average molecular weight is 148 g/mol. The predicted octanol–water partition coefficient (Wildman–Crippen LogP) is 0.615. The van der Waals surface area contributed by atoms with Gasteiger partial charge in [0.05, 0.1) is 0 Å². The summed E-state index contributed by atoms with van der Waals surface area (Å²) in [5.41, 5.74) is 0. The summed E-state index contributed by atoms with van der Waals surface area (Å²) in [5.74, 6) is 0. The van der Waals surface area contributed by atoms with Gasteiger partial charge in [0.2, 0.25) is 0 Å². The van der Waals surface area contributed by atoms with E-state index in [0.29, 0.717) is 0 Å². The predicted molar refractivity (Wildman–Crippen MR) is 35.7 cm³/mol. The van der Waals surface area contributed by atoms with Gasteiger partial charge in [-0.05, 0) is 0 Å². The minimum absolute atomic E-state index is 1.04. The van der Waals surface area contributed by atoms with E-state index in [1.165, 1.54) is 0 Å². The van der Waals surface area contributed by atoms with E-state index in [1.54, 1.807) is 0 Å². The first-order valence-corrected chi connectivity index (χ1v) is 3.74. The molecule has 0 aromatic rings. The molecule has 52 valence electrons. The van der Waals surface area contributed by atoms with Crippen LogP contribution in [0.5, 0.6) is 0 Å². The largest absolute Gasteiger partial charge is 0.285 e. The Kier molecular flexibility index (Phi) is 2.61. The van der Waals surface area contributed by atoms with Gasteiger partial charge in [-0.3, -0.25) is 4.55 Å². The van der Waals surface area contributed by atoms with E-state index in [0.717, 1.165) is 12.2 Å². The van der Waals surface area contributed by atoms with Crippen LogP contribution < -0.4 is 0 Å². The third kappa shape index (κ3) is 2.43. The Hall–Kier alpha value is -0.610. The van der Waals surface area contributed by atoms with Gasteiger partial charge in [-0.2, -0.15) is 8.42 Å². The Morgan fingerprint density at radius 1 is 1.33 bits per heavy atom. The Balaban J connectivity index is 4.51. The first kappa shape index (κ1) is 8.39. The van der Waals surface area contributed by atoms with Gasteiger partial charge in [0.1, 0.15) is 5.25 Å². The highest BCUT2D eigenvalue weighted by atomic mass is 32.2. The van der Waals surface area contributed by atoms with Gasteiger partial charge in [-0.15, -0.1) is 13.2 Å². The van der Waals surface area contributed by atoms with E-state index in [2.05, 4.69) is 13.2 Å². The van der Waals surface area contributed by atoms with E-state index in [-0.39, 0.29) is 0 Å². The highest BCUT2D eigenvalue weighted by Gasteiger charge is 2.13. The molecule has 3 nitrogen and oxygen atoms in total. The Morgan fingerprint density at radius 2 is 1.67 bits per heavy atom. The van der Waals surface area contributed by atoms with E-state index in [9.17, 15) is 8.42 Å². The SMILES string of the molecule is C=CC(C=C)S(=O)(=O)O. The summed E-state index contributed by atoms with van der Waals surface area (Å²) in [6.45, 7) is 6.38. The van der Waals surface area contributed by atoms with Crippen molar-refractivity contribution in [2.45, 2.75) is 5.25 Å². The second-order valence-corrected chi connectivity index (χ2v) is 3.03. The zero-order valence-corrected chi connectivity index (χ0v) is 5.63. The summed E-state index contributed by atoms with van der Waals surface area (Å²) >= 11 is 0. The quantitative estimate of drug-likeness (QED) is 0.471. The van der Waals surface area contributed by atoms with Crippen LogP contribution in [-0.2, 0) is 10.1 Å². The van der Waals surface area contributed by atoms with E-state index in [4.69, 9.17) is 4.55 Å². The van der Waals surface area contributed by atoms with Crippen LogP contribution in [0.3, 0.4) is 0 Å². The summed E-state index contributed by atoms with van der Waals surface area (Å²) < 4.78 is 28.7. The molecule has 0 heterocycles. The summed E-state index contributed by atoms with van der Waals surface area (Å²) in [7, 11) is -4.00. The van der Waals surface area contributed by atoms with E-state index < -0.39 is 15.4 Å². The van der Waals surface area contributed by atoms with Crippen LogP contribution in [-0.4, -0.2) is 18.2 Å². The van der Waals surface area contributed by atoms with Crippen molar-refractivity contribution < 1.29 is 13.0 Å². The number of hydrogen-bond donors (Lipinski definition) is 1. The standard InChI is InChI=1S/C5H8O3S/c1-3-5(4-2)9(6,7)8/h3-5H,1-2H2,(H,6,7,8). The van der Waals surface area contributed by atoms with Crippen LogP contribution in [0.15, 0.2) is 25.3 Å².